The summed E-state index contributed by atoms with van der Waals surface area (Å²) in [7, 11) is 0. The highest BCUT2D eigenvalue weighted by Gasteiger charge is 2.19. The van der Waals surface area contributed by atoms with Gasteiger partial charge in [0, 0.05) is 27.4 Å². The molecule has 5 aromatic rings. The zero-order valence-electron chi connectivity index (χ0n) is 18.2. The molecule has 36 heavy (non-hydrogen) atoms. The number of aromatic nitrogens is 4. The Bertz CT molecular complexity index is 1660. The van der Waals surface area contributed by atoms with Gasteiger partial charge in [-0.05, 0) is 42.0 Å². The number of nitriles is 1. The summed E-state index contributed by atoms with van der Waals surface area (Å²) in [5.74, 6) is -0.468. The predicted octanol–water partition coefficient (Wildman–Crippen LogP) is 5.74. The van der Waals surface area contributed by atoms with Crippen LogP contribution in [0.3, 0.4) is 0 Å². The SMILES string of the molecule is N#Cc1ccc(-c2cnc3nc(NC(=O)c4cnc(CO)cc4-c4cc(Cl)ccc4Cl)sc3n2)cc1. The molecule has 0 aliphatic rings. The number of fused-ring (bicyclic) bond motifs is 1. The van der Waals surface area contributed by atoms with Crippen molar-refractivity contribution < 1.29 is 9.90 Å². The number of rotatable bonds is 5. The van der Waals surface area contributed by atoms with Crippen LogP contribution < -0.4 is 5.32 Å². The van der Waals surface area contributed by atoms with E-state index < -0.39 is 5.91 Å². The van der Waals surface area contributed by atoms with Crippen molar-refractivity contribution in [1.82, 2.24) is 19.9 Å². The van der Waals surface area contributed by atoms with Crippen molar-refractivity contribution >= 4 is 56.1 Å². The molecular weight excluding hydrogens is 519 g/mol. The maximum absolute atomic E-state index is 13.2. The number of pyridine rings is 1. The third-order valence-corrected chi connectivity index (χ3v) is 6.66. The molecule has 0 radical (unpaired) electrons. The first-order valence-electron chi connectivity index (χ1n) is 10.5. The van der Waals surface area contributed by atoms with Gasteiger partial charge in [0.25, 0.3) is 5.91 Å². The summed E-state index contributed by atoms with van der Waals surface area (Å²) in [4.78, 5) is 31.3. The van der Waals surface area contributed by atoms with Crippen LogP contribution in [0, 0.1) is 11.3 Å². The van der Waals surface area contributed by atoms with E-state index in [4.69, 9.17) is 28.5 Å². The largest absolute Gasteiger partial charge is 0.390 e. The number of thiazole rings is 1. The first-order chi connectivity index (χ1) is 17.4. The Morgan fingerprint density at radius 2 is 1.83 bits per heavy atom. The van der Waals surface area contributed by atoms with Crippen LogP contribution in [0.4, 0.5) is 5.13 Å². The van der Waals surface area contributed by atoms with Gasteiger partial charge >= 0.3 is 0 Å². The number of carbonyl (C=O) groups excluding carboxylic acids is 1. The van der Waals surface area contributed by atoms with Crippen LogP contribution in [-0.2, 0) is 6.61 Å². The van der Waals surface area contributed by atoms with E-state index in [1.54, 1.807) is 54.7 Å². The van der Waals surface area contributed by atoms with Gasteiger partial charge in [0.05, 0.1) is 41.4 Å². The Hall–Kier alpha value is -3.94. The summed E-state index contributed by atoms with van der Waals surface area (Å²) in [6.45, 7) is -0.302. The number of amides is 1. The first-order valence-corrected chi connectivity index (χ1v) is 12.0. The van der Waals surface area contributed by atoms with E-state index >= 15 is 0 Å². The summed E-state index contributed by atoms with van der Waals surface area (Å²) in [5.41, 5.74) is 3.98. The molecule has 0 aliphatic carbocycles. The molecule has 8 nitrogen and oxygen atoms in total. The average Bonchev–Trinajstić information content (AvgIpc) is 3.31. The van der Waals surface area contributed by atoms with Crippen molar-refractivity contribution in [3.8, 4) is 28.5 Å². The number of halogens is 2. The zero-order chi connectivity index (χ0) is 25.2. The van der Waals surface area contributed by atoms with Crippen molar-refractivity contribution in [1.29, 1.82) is 5.26 Å². The summed E-state index contributed by atoms with van der Waals surface area (Å²) in [6, 6.07) is 15.6. The van der Waals surface area contributed by atoms with E-state index in [0.29, 0.717) is 53.7 Å². The van der Waals surface area contributed by atoms with E-state index in [0.717, 1.165) is 5.56 Å². The Kier molecular flexibility index (Phi) is 6.59. The van der Waals surface area contributed by atoms with Crippen LogP contribution in [0.25, 0.3) is 32.9 Å². The molecular formula is C25H14Cl2N6O2S. The highest BCUT2D eigenvalue weighted by molar-refractivity contribution is 7.21. The molecule has 2 aromatic carbocycles. The van der Waals surface area contributed by atoms with Gasteiger partial charge in [-0.25, -0.2) is 9.97 Å². The number of nitrogens with zero attached hydrogens (tertiary/aromatic N) is 5. The fraction of sp³-hybridized carbons (Fsp3) is 0.0400. The maximum atomic E-state index is 13.2. The van der Waals surface area contributed by atoms with Crippen molar-refractivity contribution in [3.63, 3.8) is 0 Å². The number of nitrogens with one attached hydrogen (secondary N) is 1. The van der Waals surface area contributed by atoms with Crippen molar-refractivity contribution in [2.45, 2.75) is 6.61 Å². The van der Waals surface area contributed by atoms with Crippen molar-refractivity contribution in [2.24, 2.45) is 0 Å². The van der Waals surface area contributed by atoms with E-state index in [9.17, 15) is 9.90 Å². The fourth-order valence-electron chi connectivity index (χ4n) is 3.49. The molecule has 1 amide bonds. The van der Waals surface area contributed by atoms with Crippen molar-refractivity contribution in [3.05, 3.63) is 87.8 Å². The van der Waals surface area contributed by atoms with Gasteiger partial charge in [-0.1, -0.05) is 46.7 Å². The minimum absolute atomic E-state index is 0.231. The quantitative estimate of drug-likeness (QED) is 0.295. The van der Waals surface area contributed by atoms with Gasteiger partial charge in [-0.2, -0.15) is 10.2 Å². The third-order valence-electron chi connectivity index (χ3n) is 5.24. The van der Waals surface area contributed by atoms with E-state index in [-0.39, 0.29) is 12.2 Å². The number of hydrogen-bond donors (Lipinski definition) is 2. The molecule has 0 unspecified atom stereocenters. The molecule has 3 heterocycles. The highest BCUT2D eigenvalue weighted by atomic mass is 35.5. The smallest absolute Gasteiger partial charge is 0.259 e. The van der Waals surface area contributed by atoms with Crippen LogP contribution in [0.1, 0.15) is 21.6 Å². The Labute approximate surface area is 218 Å². The molecule has 11 heteroatoms. The standard InChI is InChI=1S/C25H14Cl2N6O2S/c26-15-5-6-20(27)18(7-15)17-8-16(12-34)29-10-19(17)23(35)33-25-32-22-24(36-25)31-21(11-30-22)14-3-1-13(9-28)2-4-14/h1-8,10-11,34H,12H2,(H,30,32,33,35). The second kappa shape index (κ2) is 9.97. The second-order valence-electron chi connectivity index (χ2n) is 7.55. The number of hydrogen-bond acceptors (Lipinski definition) is 8. The summed E-state index contributed by atoms with van der Waals surface area (Å²) in [5, 5.41) is 22.5. The zero-order valence-corrected chi connectivity index (χ0v) is 20.6. The van der Waals surface area contributed by atoms with Crippen LogP contribution in [0.5, 0.6) is 0 Å². The van der Waals surface area contributed by atoms with E-state index in [2.05, 4.69) is 31.3 Å². The normalized spacial score (nSPS) is 10.8. The first kappa shape index (κ1) is 23.8. The minimum Gasteiger partial charge on any atom is -0.390 e. The van der Waals surface area contributed by atoms with Crippen molar-refractivity contribution in [2.75, 3.05) is 5.32 Å². The minimum atomic E-state index is -0.468. The number of carbonyl (C=O) groups is 1. The topological polar surface area (TPSA) is 125 Å². The Morgan fingerprint density at radius 1 is 1.03 bits per heavy atom. The second-order valence-corrected chi connectivity index (χ2v) is 9.37. The predicted molar refractivity (Wildman–Crippen MR) is 139 cm³/mol. The molecule has 0 fully saturated rings. The molecule has 3 aromatic heterocycles. The van der Waals surface area contributed by atoms with Crippen LogP contribution in [0.15, 0.2) is 60.9 Å². The summed E-state index contributed by atoms with van der Waals surface area (Å²) >= 11 is 13.7. The lowest BCUT2D eigenvalue weighted by atomic mass is 10.00. The summed E-state index contributed by atoms with van der Waals surface area (Å²) in [6.07, 6.45) is 2.96. The molecule has 0 aliphatic heterocycles. The molecule has 176 valence electrons. The molecule has 0 atom stereocenters. The molecule has 0 saturated carbocycles. The number of aliphatic hydroxyl groups excluding tert-OH is 1. The Morgan fingerprint density at radius 3 is 2.58 bits per heavy atom. The maximum Gasteiger partial charge on any atom is 0.259 e. The van der Waals surface area contributed by atoms with E-state index in [1.807, 2.05) is 0 Å². The lowest BCUT2D eigenvalue weighted by Crippen LogP contribution is -2.14. The Balaban J connectivity index is 1.47. The molecule has 0 bridgehead atoms. The average molecular weight is 533 g/mol. The highest BCUT2D eigenvalue weighted by Crippen LogP contribution is 2.34. The fourth-order valence-corrected chi connectivity index (χ4v) is 4.67. The van der Waals surface area contributed by atoms with Crippen LogP contribution in [0.2, 0.25) is 10.0 Å². The molecule has 0 saturated heterocycles. The molecule has 2 N–H and O–H groups in total. The number of benzene rings is 2. The lowest BCUT2D eigenvalue weighted by Gasteiger charge is -2.12. The van der Waals surface area contributed by atoms with Gasteiger partial charge in [-0.15, -0.1) is 0 Å². The number of anilines is 1. The van der Waals surface area contributed by atoms with E-state index in [1.165, 1.54) is 17.5 Å². The lowest BCUT2D eigenvalue weighted by molar-refractivity contribution is 0.102. The van der Waals surface area contributed by atoms with Crippen LogP contribution in [-0.4, -0.2) is 30.9 Å². The summed E-state index contributed by atoms with van der Waals surface area (Å²) < 4.78 is 0. The van der Waals surface area contributed by atoms with Gasteiger partial charge in [-0.3, -0.25) is 15.1 Å². The van der Waals surface area contributed by atoms with Gasteiger partial charge in [0.2, 0.25) is 0 Å². The number of aliphatic hydroxyl groups is 1. The molecule has 5 rings (SSSR count). The van der Waals surface area contributed by atoms with Crippen LogP contribution >= 0.6 is 34.5 Å². The molecule has 0 spiro atoms. The monoisotopic (exact) mass is 532 g/mol. The van der Waals surface area contributed by atoms with Gasteiger partial charge < -0.3 is 5.11 Å². The van der Waals surface area contributed by atoms with Gasteiger partial charge in [0.1, 0.15) is 0 Å². The van der Waals surface area contributed by atoms with Gasteiger partial charge in [0.15, 0.2) is 15.6 Å². The third kappa shape index (κ3) is 4.76.